The predicted molar refractivity (Wildman–Crippen MR) is 163 cm³/mol. The average molecular weight is 556 g/mol. The van der Waals surface area contributed by atoms with Crippen LogP contribution in [0, 0.1) is 17.2 Å². The molecule has 40 heavy (non-hydrogen) atoms. The highest BCUT2D eigenvalue weighted by Crippen LogP contribution is 2.36. The molecule has 4 atom stereocenters. The molecule has 2 aliphatic rings. The summed E-state index contributed by atoms with van der Waals surface area (Å²) < 4.78 is 11.2. The van der Waals surface area contributed by atoms with Crippen molar-refractivity contribution in [1.82, 2.24) is 10.6 Å². The van der Waals surface area contributed by atoms with E-state index in [1.165, 1.54) is 0 Å². The fourth-order valence-electron chi connectivity index (χ4n) is 4.55. The molecule has 4 rings (SSSR count). The molecule has 0 radical (unpaired) electrons. The number of rotatable bonds is 6. The lowest BCUT2D eigenvalue weighted by Gasteiger charge is -2.18. The van der Waals surface area contributed by atoms with Crippen molar-refractivity contribution in [3.8, 4) is 22.9 Å². The fourth-order valence-corrected chi connectivity index (χ4v) is 4.55. The van der Waals surface area contributed by atoms with Crippen LogP contribution in [-0.4, -0.2) is 48.8 Å². The van der Waals surface area contributed by atoms with Gasteiger partial charge in [-0.3, -0.25) is 9.59 Å². The molecule has 2 aromatic rings. The topological polar surface area (TPSA) is 121 Å². The number of fused-ring (bicyclic) bond motifs is 1. The van der Waals surface area contributed by atoms with Gasteiger partial charge in [0.25, 0.3) is 5.91 Å². The Balaban J connectivity index is 0. The highest BCUT2D eigenvalue weighted by atomic mass is 16.5. The number of hydrogen-bond donors (Lipinski definition) is 3. The Kier molecular flexibility index (Phi) is 13.9. The molecule has 2 heterocycles. The molecule has 1 saturated heterocycles. The number of amides is 1. The van der Waals surface area contributed by atoms with E-state index in [0.29, 0.717) is 37.7 Å². The van der Waals surface area contributed by atoms with E-state index >= 15 is 0 Å². The first-order chi connectivity index (χ1) is 19.4. The summed E-state index contributed by atoms with van der Waals surface area (Å²) in [7, 11) is 0. The van der Waals surface area contributed by atoms with Crippen molar-refractivity contribution in [1.29, 1.82) is 5.26 Å². The highest BCUT2D eigenvalue weighted by molar-refractivity contribution is 5.81. The molecule has 0 aromatic heterocycles. The number of nitrogens with one attached hydrogen (secondary N) is 2. The summed E-state index contributed by atoms with van der Waals surface area (Å²) in [4.78, 5) is 24.5. The second-order valence-electron chi connectivity index (χ2n) is 9.69. The van der Waals surface area contributed by atoms with Crippen molar-refractivity contribution in [3.05, 3.63) is 66.4 Å². The van der Waals surface area contributed by atoms with Crippen LogP contribution in [0.3, 0.4) is 0 Å². The molecule has 8 nitrogen and oxygen atoms in total. The van der Waals surface area contributed by atoms with Crippen LogP contribution < -0.4 is 15.4 Å². The summed E-state index contributed by atoms with van der Waals surface area (Å²) >= 11 is 0. The number of esters is 1. The Morgan fingerprint density at radius 3 is 2.58 bits per heavy atom. The van der Waals surface area contributed by atoms with Gasteiger partial charge in [-0.1, -0.05) is 64.6 Å². The van der Waals surface area contributed by atoms with E-state index in [9.17, 15) is 14.9 Å². The third kappa shape index (κ3) is 9.51. The van der Waals surface area contributed by atoms with Crippen LogP contribution in [0.15, 0.2) is 55.3 Å². The highest BCUT2D eigenvalue weighted by Gasteiger charge is 2.26. The second-order valence-corrected chi connectivity index (χ2v) is 9.69. The largest absolute Gasteiger partial charge is 0.516 e. The Bertz CT molecular complexity index is 1160. The molecule has 0 bridgehead atoms. The van der Waals surface area contributed by atoms with Crippen molar-refractivity contribution in [2.24, 2.45) is 5.92 Å². The lowest BCUT2D eigenvalue weighted by molar-refractivity contribution is -0.134. The van der Waals surface area contributed by atoms with Gasteiger partial charge in [0.15, 0.2) is 0 Å². The van der Waals surface area contributed by atoms with Gasteiger partial charge in [-0.25, -0.2) is 0 Å². The van der Waals surface area contributed by atoms with Gasteiger partial charge in [0, 0.05) is 30.2 Å². The standard InChI is InChI=1S/C28H33N3O4.C2H4O.C2H6.3H2/c1-3-19-15-30-16-26(34-17-19)28(33)31-23(14-29)12-20-5-7-21(8-6-20)22-9-10-25-24(13-22)18(2)4-11-27(32)35-25;1-2-3;1-2;;;/h5-10,13,18-19,23,26,30H,3-4,11-12,15-17H2,1-2H3,(H,31,33);2-3H,1H2;1-2H3;3*1H/t18?,19-,23?,26?;;;;;/m1...../s1. The minimum absolute atomic E-state index is 0. The lowest BCUT2D eigenvalue weighted by Crippen LogP contribution is -2.46. The maximum absolute atomic E-state index is 12.7. The molecule has 2 aromatic carbocycles. The van der Waals surface area contributed by atoms with Gasteiger partial charge < -0.3 is 25.2 Å². The lowest BCUT2D eigenvalue weighted by atomic mass is 9.92. The second kappa shape index (κ2) is 17.1. The first-order valence-corrected chi connectivity index (χ1v) is 14.1. The zero-order valence-corrected chi connectivity index (χ0v) is 24.1. The van der Waals surface area contributed by atoms with Crippen molar-refractivity contribution in [3.63, 3.8) is 0 Å². The molecular weight excluding hydrogens is 506 g/mol. The SMILES string of the molecule is C=CO.CC.CC[C@@H]1CNCC(C(=O)NC(C#N)Cc2ccc(-c3ccc4c(c3)C(C)CCC(=O)O4)cc2)OC1.[HH].[HH].[HH]. The van der Waals surface area contributed by atoms with Gasteiger partial charge >= 0.3 is 5.97 Å². The number of nitrogens with zero attached hydrogens (tertiary/aromatic N) is 1. The van der Waals surface area contributed by atoms with Crippen molar-refractivity contribution < 1.29 is 28.4 Å². The van der Waals surface area contributed by atoms with Gasteiger partial charge in [0.05, 0.1) is 18.9 Å². The van der Waals surface area contributed by atoms with Crippen LogP contribution >= 0.6 is 0 Å². The number of ether oxygens (including phenoxy) is 2. The Labute approximate surface area is 242 Å². The fraction of sp³-hybridized carbons (Fsp3) is 0.469. The van der Waals surface area contributed by atoms with Crippen LogP contribution in [0.4, 0.5) is 0 Å². The van der Waals surface area contributed by atoms with Gasteiger partial charge in [0.2, 0.25) is 0 Å². The first kappa shape index (κ1) is 32.5. The van der Waals surface area contributed by atoms with Crippen LogP contribution in [0.25, 0.3) is 11.1 Å². The quantitative estimate of drug-likeness (QED) is 0.221. The molecular formula is C32H49N3O5. The predicted octanol–water partition coefficient (Wildman–Crippen LogP) is 6.17. The van der Waals surface area contributed by atoms with Crippen LogP contribution in [0.1, 0.15) is 68.3 Å². The number of hydrogen-bond acceptors (Lipinski definition) is 7. The van der Waals surface area contributed by atoms with E-state index in [4.69, 9.17) is 14.6 Å². The zero-order chi connectivity index (χ0) is 29.5. The van der Waals surface area contributed by atoms with Gasteiger partial charge in [0.1, 0.15) is 17.9 Å². The van der Waals surface area contributed by atoms with E-state index in [1.807, 2.05) is 50.2 Å². The molecule has 0 aliphatic carbocycles. The van der Waals surface area contributed by atoms with Crippen LogP contribution in [0.5, 0.6) is 5.75 Å². The Morgan fingerprint density at radius 2 is 1.93 bits per heavy atom. The zero-order valence-electron chi connectivity index (χ0n) is 24.1. The maximum Gasteiger partial charge on any atom is 0.311 e. The van der Waals surface area contributed by atoms with Crippen molar-refractivity contribution in [2.75, 3.05) is 19.7 Å². The summed E-state index contributed by atoms with van der Waals surface area (Å²) in [5, 5.41) is 23.1. The molecule has 1 fully saturated rings. The first-order valence-electron chi connectivity index (χ1n) is 14.1. The molecule has 3 unspecified atom stereocenters. The summed E-state index contributed by atoms with van der Waals surface area (Å²) in [5.74, 6) is 0.856. The summed E-state index contributed by atoms with van der Waals surface area (Å²) in [5.41, 5.74) is 4.10. The molecule has 1 amide bonds. The Hall–Kier alpha value is -3.67. The normalized spacial score (nSPS) is 20.7. The number of benzene rings is 2. The monoisotopic (exact) mass is 555 g/mol. The van der Waals surface area contributed by atoms with Gasteiger partial charge in [-0.05, 0) is 59.1 Å². The van der Waals surface area contributed by atoms with Crippen molar-refractivity contribution in [2.45, 2.75) is 71.4 Å². The van der Waals surface area contributed by atoms with Crippen molar-refractivity contribution >= 4 is 11.9 Å². The third-order valence-electron chi connectivity index (χ3n) is 6.91. The number of nitriles is 1. The molecule has 2 aliphatic heterocycles. The molecule has 222 valence electrons. The number of carbonyl (C=O) groups excluding carboxylic acids is 2. The molecule has 0 spiro atoms. The van der Waals surface area contributed by atoms with Gasteiger partial charge in [-0.15, -0.1) is 0 Å². The van der Waals surface area contributed by atoms with E-state index in [0.717, 1.165) is 47.9 Å². The third-order valence-corrected chi connectivity index (χ3v) is 6.91. The summed E-state index contributed by atoms with van der Waals surface area (Å²) in [6, 6.07) is 15.5. The van der Waals surface area contributed by atoms with Crippen LogP contribution in [-0.2, 0) is 20.7 Å². The number of aliphatic hydroxyl groups excluding tert-OH is 1. The van der Waals surface area contributed by atoms with E-state index in [-0.39, 0.29) is 22.1 Å². The molecule has 8 heteroatoms. The molecule has 0 saturated carbocycles. The minimum Gasteiger partial charge on any atom is -0.516 e. The summed E-state index contributed by atoms with van der Waals surface area (Å²) in [6.07, 6.45) is 2.78. The maximum atomic E-state index is 12.7. The molecule has 3 N–H and O–H groups in total. The van der Waals surface area contributed by atoms with E-state index < -0.39 is 12.1 Å². The smallest absolute Gasteiger partial charge is 0.311 e. The van der Waals surface area contributed by atoms with E-state index in [2.05, 4.69) is 43.2 Å². The average Bonchev–Trinajstić information content (AvgIpc) is 3.31. The number of aliphatic hydroxyl groups is 1. The minimum atomic E-state index is -0.634. The Morgan fingerprint density at radius 1 is 1.25 bits per heavy atom. The summed E-state index contributed by atoms with van der Waals surface area (Å²) in [6.45, 7) is 13.0. The van der Waals surface area contributed by atoms with Gasteiger partial charge in [-0.2, -0.15) is 5.26 Å². The van der Waals surface area contributed by atoms with E-state index in [1.54, 1.807) is 0 Å². The number of carbonyl (C=O) groups is 2. The van der Waals surface area contributed by atoms with Crippen LogP contribution in [0.2, 0.25) is 0 Å².